The third-order valence-electron chi connectivity index (χ3n) is 3.29. The second-order valence-electron chi connectivity index (χ2n) is 4.60. The Morgan fingerprint density at radius 2 is 2.04 bits per heavy atom. The van der Waals surface area contributed by atoms with Crippen LogP contribution in [-0.4, -0.2) is 46.0 Å². The van der Waals surface area contributed by atoms with Crippen molar-refractivity contribution in [3.63, 3.8) is 0 Å². The second-order valence-corrected chi connectivity index (χ2v) is 5.22. The monoisotopic (exact) mass is 341 g/mol. The van der Waals surface area contributed by atoms with Crippen LogP contribution in [-0.2, 0) is 15.3 Å². The molecule has 1 unspecified atom stereocenters. The number of likely N-dealkylation sites (N-methyl/N-ethyl adjacent to an activating group) is 1. The van der Waals surface area contributed by atoms with Gasteiger partial charge >= 0.3 is 16.5 Å². The van der Waals surface area contributed by atoms with E-state index >= 15 is 0 Å². The molecule has 3 amide bonds. The Bertz CT molecular complexity index is 722. The minimum atomic E-state index is -2.64. The molecule has 0 bridgehead atoms. The van der Waals surface area contributed by atoms with E-state index in [0.717, 1.165) is 4.90 Å². The van der Waals surface area contributed by atoms with Crippen LogP contribution in [0.25, 0.3) is 0 Å². The first-order valence-corrected chi connectivity index (χ1v) is 7.91. The molecule has 0 fully saturated rings. The maximum atomic E-state index is 12.4. The highest BCUT2D eigenvalue weighted by Crippen LogP contribution is 2.31. The van der Waals surface area contributed by atoms with Gasteiger partial charge in [-0.15, -0.1) is 4.36 Å². The lowest BCUT2D eigenvalue weighted by Crippen LogP contribution is -2.44. The maximum absolute atomic E-state index is 12.4. The Morgan fingerprint density at radius 3 is 2.52 bits per heavy atom. The van der Waals surface area contributed by atoms with Crippen molar-refractivity contribution in [3.8, 4) is 5.75 Å². The number of benzene rings is 1. The van der Waals surface area contributed by atoms with Crippen LogP contribution in [0.3, 0.4) is 0 Å². The normalized spacial score (nSPS) is 11.3. The molecule has 1 rings (SSSR count). The van der Waals surface area contributed by atoms with Crippen LogP contribution in [0.2, 0.25) is 0 Å². The largest absolute Gasteiger partial charge is 0.494 e. The average Bonchev–Trinajstić information content (AvgIpc) is 2.53. The number of ether oxygens (including phenoxy) is 1. The van der Waals surface area contributed by atoms with E-state index in [4.69, 9.17) is 4.74 Å². The predicted octanol–water partition coefficient (Wildman–Crippen LogP) is 1.68. The highest BCUT2D eigenvalue weighted by atomic mass is 32.2. The molecule has 1 aromatic rings. The molecule has 23 heavy (non-hydrogen) atoms. The Kier molecular flexibility index (Phi) is 6.70. The molecule has 0 aliphatic carbocycles. The van der Waals surface area contributed by atoms with Crippen molar-refractivity contribution in [3.05, 3.63) is 23.8 Å². The molecule has 0 heterocycles. The van der Waals surface area contributed by atoms with Crippen molar-refractivity contribution < 1.29 is 22.7 Å². The zero-order chi connectivity index (χ0) is 17.6. The van der Waals surface area contributed by atoms with Crippen molar-refractivity contribution >= 4 is 28.1 Å². The number of nitrogens with zero attached hydrogens (tertiary/aromatic N) is 2. The van der Waals surface area contributed by atoms with E-state index in [1.807, 2.05) is 0 Å². The standard InChI is InChI=1S/C14H19N3O5S/c1-5-17(14(19)15-3)13(18)9(2)10-6-7-12(22-4)11(8-10)16-23(20)21/h6-9H,5H2,1-4H3,(H,15,19). The summed E-state index contributed by atoms with van der Waals surface area (Å²) in [6.07, 6.45) is 0. The quantitative estimate of drug-likeness (QED) is 0.877. The molecule has 1 atom stereocenters. The topological polar surface area (TPSA) is 105 Å². The SMILES string of the molecule is CCN(C(=O)NC)C(=O)C(C)c1ccc(OC)c(N=S(=O)=O)c1. The molecule has 8 nitrogen and oxygen atoms in total. The molecule has 126 valence electrons. The number of methoxy groups -OCH3 is 1. The van der Waals surface area contributed by atoms with Gasteiger partial charge in [-0.3, -0.25) is 9.69 Å². The lowest BCUT2D eigenvalue weighted by atomic mass is 9.99. The van der Waals surface area contributed by atoms with Crippen LogP contribution in [0.15, 0.2) is 22.6 Å². The van der Waals surface area contributed by atoms with Gasteiger partial charge in [0.2, 0.25) is 5.91 Å². The van der Waals surface area contributed by atoms with Crippen molar-refractivity contribution in [1.82, 2.24) is 10.2 Å². The fourth-order valence-corrected chi connectivity index (χ4v) is 2.34. The maximum Gasteiger partial charge on any atom is 0.323 e. The molecule has 9 heteroatoms. The van der Waals surface area contributed by atoms with Gasteiger partial charge < -0.3 is 10.1 Å². The van der Waals surface area contributed by atoms with E-state index in [2.05, 4.69) is 9.68 Å². The van der Waals surface area contributed by atoms with Crippen molar-refractivity contribution in [2.24, 2.45) is 4.36 Å². The summed E-state index contributed by atoms with van der Waals surface area (Å²) in [4.78, 5) is 25.2. The molecule has 0 aliphatic heterocycles. The predicted molar refractivity (Wildman–Crippen MR) is 84.3 cm³/mol. The van der Waals surface area contributed by atoms with Crippen LogP contribution in [0, 0.1) is 0 Å². The number of imide groups is 1. The van der Waals surface area contributed by atoms with E-state index in [1.54, 1.807) is 19.9 Å². The minimum Gasteiger partial charge on any atom is -0.494 e. The van der Waals surface area contributed by atoms with Gasteiger partial charge in [0, 0.05) is 13.6 Å². The summed E-state index contributed by atoms with van der Waals surface area (Å²) in [7, 11) is 0.187. The molecule has 0 saturated carbocycles. The third-order valence-corrected chi connectivity index (χ3v) is 3.63. The highest BCUT2D eigenvalue weighted by molar-refractivity contribution is 7.61. The van der Waals surface area contributed by atoms with E-state index < -0.39 is 28.4 Å². The number of amides is 3. The highest BCUT2D eigenvalue weighted by Gasteiger charge is 2.25. The molecule has 0 saturated heterocycles. The number of nitrogens with one attached hydrogen (secondary N) is 1. The van der Waals surface area contributed by atoms with Crippen molar-refractivity contribution in [2.45, 2.75) is 19.8 Å². The zero-order valence-corrected chi connectivity index (χ0v) is 14.2. The Labute approximate surface area is 136 Å². The number of carbonyl (C=O) groups is 2. The Hall–Kier alpha value is -2.42. The van der Waals surface area contributed by atoms with Gasteiger partial charge in [-0.2, -0.15) is 8.42 Å². The summed E-state index contributed by atoms with van der Waals surface area (Å²) in [5.41, 5.74) is 0.628. The van der Waals surface area contributed by atoms with Crippen LogP contribution in [0.1, 0.15) is 25.3 Å². The first-order chi connectivity index (χ1) is 10.8. The molecule has 0 spiro atoms. The molecule has 0 aromatic heterocycles. The number of rotatable bonds is 5. The number of hydrogen-bond acceptors (Lipinski definition) is 6. The molecular weight excluding hydrogens is 322 g/mol. The van der Waals surface area contributed by atoms with E-state index in [1.165, 1.54) is 26.3 Å². The molecule has 0 aliphatic rings. The fourth-order valence-electron chi connectivity index (χ4n) is 2.04. The van der Waals surface area contributed by atoms with E-state index in [9.17, 15) is 18.0 Å². The lowest BCUT2D eigenvalue weighted by molar-refractivity contribution is -0.129. The van der Waals surface area contributed by atoms with Gasteiger partial charge in [0.05, 0.1) is 13.0 Å². The number of hydrogen-bond donors (Lipinski definition) is 1. The zero-order valence-electron chi connectivity index (χ0n) is 13.4. The summed E-state index contributed by atoms with van der Waals surface area (Å²) in [5.74, 6) is -0.769. The Morgan fingerprint density at radius 1 is 1.39 bits per heavy atom. The third kappa shape index (κ3) is 4.52. The van der Waals surface area contributed by atoms with Gasteiger partial charge in [0.1, 0.15) is 11.4 Å². The number of urea groups is 1. The van der Waals surface area contributed by atoms with Crippen LogP contribution >= 0.6 is 0 Å². The summed E-state index contributed by atoms with van der Waals surface area (Å²) in [6, 6.07) is 4.12. The first kappa shape index (κ1) is 18.6. The first-order valence-electron chi connectivity index (χ1n) is 6.87. The van der Waals surface area contributed by atoms with Crippen LogP contribution in [0.5, 0.6) is 5.75 Å². The number of carbonyl (C=O) groups excluding carboxylic acids is 2. The van der Waals surface area contributed by atoms with Gasteiger partial charge in [-0.25, -0.2) is 4.79 Å². The lowest BCUT2D eigenvalue weighted by Gasteiger charge is -2.22. The average molecular weight is 341 g/mol. The summed E-state index contributed by atoms with van der Waals surface area (Å²) in [6.45, 7) is 3.55. The molecule has 1 N–H and O–H groups in total. The molecule has 0 radical (unpaired) electrons. The summed E-state index contributed by atoms with van der Waals surface area (Å²) < 4.78 is 30.0. The van der Waals surface area contributed by atoms with Gasteiger partial charge in [-0.05, 0) is 31.5 Å². The fraction of sp³-hybridized carbons (Fsp3) is 0.429. The van der Waals surface area contributed by atoms with Crippen LogP contribution in [0.4, 0.5) is 10.5 Å². The Balaban J connectivity index is 3.22. The van der Waals surface area contributed by atoms with Crippen molar-refractivity contribution in [2.75, 3.05) is 20.7 Å². The smallest absolute Gasteiger partial charge is 0.323 e. The van der Waals surface area contributed by atoms with Crippen molar-refractivity contribution in [1.29, 1.82) is 0 Å². The molecular formula is C14H19N3O5S. The van der Waals surface area contributed by atoms with Crippen LogP contribution < -0.4 is 10.1 Å². The summed E-state index contributed by atoms with van der Waals surface area (Å²) in [5, 5.41) is 2.41. The van der Waals surface area contributed by atoms with Gasteiger partial charge in [0.25, 0.3) is 0 Å². The van der Waals surface area contributed by atoms with Gasteiger partial charge in [-0.1, -0.05) is 6.07 Å². The van der Waals surface area contributed by atoms with E-state index in [-0.39, 0.29) is 18.0 Å². The van der Waals surface area contributed by atoms with Gasteiger partial charge in [0.15, 0.2) is 0 Å². The second kappa shape index (κ2) is 8.28. The summed E-state index contributed by atoms with van der Waals surface area (Å²) >= 11 is 0. The minimum absolute atomic E-state index is 0.0981. The molecule has 1 aromatic carbocycles. The van der Waals surface area contributed by atoms with E-state index in [0.29, 0.717) is 5.56 Å².